The van der Waals surface area contributed by atoms with Crippen LogP contribution in [0.3, 0.4) is 0 Å². The van der Waals surface area contributed by atoms with Crippen LogP contribution in [0.1, 0.15) is 17.5 Å². The van der Waals surface area contributed by atoms with Gasteiger partial charge in [-0.3, -0.25) is 4.79 Å². The fourth-order valence-corrected chi connectivity index (χ4v) is 3.57. The van der Waals surface area contributed by atoms with Crippen molar-refractivity contribution in [3.8, 4) is 0 Å². The Morgan fingerprint density at radius 1 is 0.964 bits per heavy atom. The summed E-state index contributed by atoms with van der Waals surface area (Å²) in [6.45, 7) is 8.93. The van der Waals surface area contributed by atoms with E-state index in [0.717, 1.165) is 11.1 Å². The second kappa shape index (κ2) is 10.0. The van der Waals surface area contributed by atoms with Crippen LogP contribution in [0.15, 0.2) is 86.0 Å². The lowest BCUT2D eigenvalue weighted by atomic mass is 10.1. The molecule has 4 nitrogen and oxygen atoms in total. The molecule has 0 radical (unpaired) electrons. The van der Waals surface area contributed by atoms with Crippen LogP contribution in [0, 0.1) is 0 Å². The monoisotopic (exact) mass is 377 g/mol. The smallest absolute Gasteiger partial charge is 0.246 e. The molecule has 1 aliphatic heterocycles. The summed E-state index contributed by atoms with van der Waals surface area (Å²) < 4.78 is 12.5. The maximum absolute atomic E-state index is 12.4. The third kappa shape index (κ3) is 4.97. The van der Waals surface area contributed by atoms with Crippen LogP contribution in [0.2, 0.25) is 0 Å². The molecular formula is C24H27NO3. The first-order valence-corrected chi connectivity index (χ1v) is 9.58. The average Bonchev–Trinajstić information content (AvgIpc) is 3.09. The van der Waals surface area contributed by atoms with E-state index in [1.54, 1.807) is 4.90 Å². The molecule has 146 valence electrons. The Bertz CT molecular complexity index is 775. The maximum atomic E-state index is 12.4. The van der Waals surface area contributed by atoms with E-state index in [1.807, 2.05) is 66.7 Å². The fourth-order valence-electron chi connectivity index (χ4n) is 3.57. The number of carbonyl (C=O) groups is 1. The second-order valence-corrected chi connectivity index (χ2v) is 6.88. The van der Waals surface area contributed by atoms with E-state index >= 15 is 0 Å². The van der Waals surface area contributed by atoms with Crippen molar-refractivity contribution in [2.45, 2.75) is 37.9 Å². The minimum Gasteiger partial charge on any atom is -0.369 e. The SMILES string of the molecule is C=CC[C@@H]1[C@@H](OCc2ccccc2)[C@H](OCc2ccccc2)CN1C(=O)C=C. The van der Waals surface area contributed by atoms with Gasteiger partial charge in [0.1, 0.15) is 12.2 Å². The van der Waals surface area contributed by atoms with Crippen molar-refractivity contribution in [3.05, 3.63) is 97.1 Å². The first kappa shape index (κ1) is 20.1. The summed E-state index contributed by atoms with van der Waals surface area (Å²) in [5, 5.41) is 0. The number of amides is 1. The van der Waals surface area contributed by atoms with Gasteiger partial charge in [0.25, 0.3) is 0 Å². The lowest BCUT2D eigenvalue weighted by molar-refractivity contribution is -0.128. The molecule has 1 saturated heterocycles. The van der Waals surface area contributed by atoms with Crippen LogP contribution >= 0.6 is 0 Å². The Balaban J connectivity index is 1.75. The second-order valence-electron chi connectivity index (χ2n) is 6.88. The summed E-state index contributed by atoms with van der Waals surface area (Å²) in [7, 11) is 0. The van der Waals surface area contributed by atoms with E-state index < -0.39 is 0 Å². The van der Waals surface area contributed by atoms with E-state index in [9.17, 15) is 4.79 Å². The number of hydrogen-bond donors (Lipinski definition) is 0. The van der Waals surface area contributed by atoms with Crippen molar-refractivity contribution in [3.63, 3.8) is 0 Å². The molecule has 1 heterocycles. The quantitative estimate of drug-likeness (QED) is 0.487. The molecule has 0 saturated carbocycles. The summed E-state index contributed by atoms with van der Waals surface area (Å²) in [5.41, 5.74) is 2.19. The molecule has 0 bridgehead atoms. The van der Waals surface area contributed by atoms with Gasteiger partial charge in [0.2, 0.25) is 5.91 Å². The van der Waals surface area contributed by atoms with E-state index in [2.05, 4.69) is 13.2 Å². The first-order chi connectivity index (χ1) is 13.7. The molecule has 28 heavy (non-hydrogen) atoms. The zero-order valence-electron chi connectivity index (χ0n) is 16.1. The highest BCUT2D eigenvalue weighted by Crippen LogP contribution is 2.28. The number of carbonyl (C=O) groups excluding carboxylic acids is 1. The van der Waals surface area contributed by atoms with Crippen LogP contribution in [0.5, 0.6) is 0 Å². The molecule has 1 fully saturated rings. The molecular weight excluding hydrogens is 350 g/mol. The Morgan fingerprint density at radius 2 is 1.54 bits per heavy atom. The summed E-state index contributed by atoms with van der Waals surface area (Å²) in [5.74, 6) is -0.106. The molecule has 0 spiro atoms. The van der Waals surface area contributed by atoms with Gasteiger partial charge in [-0.25, -0.2) is 0 Å². The first-order valence-electron chi connectivity index (χ1n) is 9.58. The van der Waals surface area contributed by atoms with Crippen molar-refractivity contribution in [2.75, 3.05) is 6.54 Å². The molecule has 4 heteroatoms. The van der Waals surface area contributed by atoms with Gasteiger partial charge in [0.15, 0.2) is 0 Å². The van der Waals surface area contributed by atoms with Crippen molar-refractivity contribution >= 4 is 5.91 Å². The van der Waals surface area contributed by atoms with Crippen LogP contribution in [-0.2, 0) is 27.5 Å². The van der Waals surface area contributed by atoms with Crippen LogP contribution in [-0.4, -0.2) is 35.6 Å². The van der Waals surface area contributed by atoms with Crippen molar-refractivity contribution in [2.24, 2.45) is 0 Å². The van der Waals surface area contributed by atoms with Gasteiger partial charge in [-0.2, -0.15) is 0 Å². The number of hydrogen-bond acceptors (Lipinski definition) is 3. The molecule has 3 atom stereocenters. The van der Waals surface area contributed by atoms with Gasteiger partial charge in [0.05, 0.1) is 25.8 Å². The van der Waals surface area contributed by atoms with Gasteiger partial charge in [-0.05, 0) is 23.6 Å². The molecule has 0 aliphatic carbocycles. The van der Waals surface area contributed by atoms with E-state index in [4.69, 9.17) is 9.47 Å². The van der Waals surface area contributed by atoms with E-state index in [1.165, 1.54) is 6.08 Å². The summed E-state index contributed by atoms with van der Waals surface area (Å²) in [4.78, 5) is 14.2. The Kier molecular flexibility index (Phi) is 7.18. The minimum atomic E-state index is -0.231. The number of rotatable bonds is 9. The van der Waals surface area contributed by atoms with Crippen molar-refractivity contribution in [1.82, 2.24) is 4.90 Å². The Labute approximate surface area is 167 Å². The lowest BCUT2D eigenvalue weighted by Crippen LogP contribution is -2.40. The number of benzene rings is 2. The highest BCUT2D eigenvalue weighted by atomic mass is 16.5. The standard InChI is InChI=1S/C24H27NO3/c1-3-11-21-24(28-18-20-14-9-6-10-15-20)22(16-25(21)23(26)4-2)27-17-19-12-7-5-8-13-19/h3-10,12-15,21-22,24H,1-2,11,16-18H2/t21-,22-,24-/m1/s1. The van der Waals surface area contributed by atoms with E-state index in [-0.39, 0.29) is 24.2 Å². The zero-order chi connectivity index (χ0) is 19.8. The normalized spacial score (nSPS) is 21.4. The largest absolute Gasteiger partial charge is 0.369 e. The maximum Gasteiger partial charge on any atom is 0.246 e. The molecule has 1 aliphatic rings. The summed E-state index contributed by atoms with van der Waals surface area (Å²) in [6.07, 6.45) is 3.38. The number of ether oxygens (including phenoxy) is 2. The van der Waals surface area contributed by atoms with Gasteiger partial charge >= 0.3 is 0 Å². The summed E-state index contributed by atoms with van der Waals surface area (Å²) in [6, 6.07) is 19.9. The molecule has 0 unspecified atom stereocenters. The lowest BCUT2D eigenvalue weighted by Gasteiger charge is -2.27. The highest BCUT2D eigenvalue weighted by Gasteiger charge is 2.44. The number of nitrogens with zero attached hydrogens (tertiary/aromatic N) is 1. The number of likely N-dealkylation sites (tertiary alicyclic amines) is 1. The predicted molar refractivity (Wildman–Crippen MR) is 111 cm³/mol. The van der Waals surface area contributed by atoms with Gasteiger partial charge in [-0.1, -0.05) is 73.3 Å². The Morgan fingerprint density at radius 3 is 2.07 bits per heavy atom. The molecule has 3 rings (SSSR count). The van der Waals surface area contributed by atoms with Gasteiger partial charge in [0, 0.05) is 0 Å². The third-order valence-electron chi connectivity index (χ3n) is 4.98. The Hall–Kier alpha value is -2.69. The third-order valence-corrected chi connectivity index (χ3v) is 4.98. The molecule has 1 amide bonds. The van der Waals surface area contributed by atoms with Crippen LogP contribution < -0.4 is 0 Å². The van der Waals surface area contributed by atoms with Gasteiger partial charge in [-0.15, -0.1) is 6.58 Å². The topological polar surface area (TPSA) is 38.8 Å². The molecule has 2 aromatic rings. The average molecular weight is 377 g/mol. The zero-order valence-corrected chi connectivity index (χ0v) is 16.1. The predicted octanol–water partition coefficient (Wildman–Crippen LogP) is 4.13. The highest BCUT2D eigenvalue weighted by molar-refractivity contribution is 5.87. The van der Waals surface area contributed by atoms with Crippen molar-refractivity contribution < 1.29 is 14.3 Å². The minimum absolute atomic E-state index is 0.106. The van der Waals surface area contributed by atoms with Crippen LogP contribution in [0.4, 0.5) is 0 Å². The molecule has 2 aromatic carbocycles. The van der Waals surface area contributed by atoms with Crippen molar-refractivity contribution in [1.29, 1.82) is 0 Å². The summed E-state index contributed by atoms with van der Waals surface area (Å²) >= 11 is 0. The molecule has 0 aromatic heterocycles. The van der Waals surface area contributed by atoms with E-state index in [0.29, 0.717) is 26.2 Å². The molecule has 0 N–H and O–H groups in total. The van der Waals surface area contributed by atoms with Crippen LogP contribution in [0.25, 0.3) is 0 Å². The fraction of sp³-hybridized carbons (Fsp3) is 0.292. The van der Waals surface area contributed by atoms with Gasteiger partial charge < -0.3 is 14.4 Å².